The third-order valence-electron chi connectivity index (χ3n) is 4.83. The van der Waals surface area contributed by atoms with Gasteiger partial charge in [-0.2, -0.15) is 13.2 Å². The standard InChI is InChI=1S/C21H25F4N5/c1-2-26-20(29-14-16-5-6-17(22)12-18(16)21(23,24)25)28-13-15-7-8-27-19(11-15)30-9-3-4-10-30/h5-8,11-12H,2-4,9-10,13-14H2,1H3,(H2,26,28,29). The second-order valence-electron chi connectivity index (χ2n) is 7.06. The Labute approximate surface area is 173 Å². The van der Waals surface area contributed by atoms with Gasteiger partial charge in [0, 0.05) is 32.4 Å². The third-order valence-corrected chi connectivity index (χ3v) is 4.83. The molecule has 9 heteroatoms. The highest BCUT2D eigenvalue weighted by atomic mass is 19.4. The Hall–Kier alpha value is -2.84. The fraction of sp³-hybridized carbons (Fsp3) is 0.429. The van der Waals surface area contributed by atoms with Gasteiger partial charge in [0.15, 0.2) is 5.96 Å². The second-order valence-corrected chi connectivity index (χ2v) is 7.06. The maximum atomic E-state index is 13.3. The number of nitrogens with one attached hydrogen (secondary N) is 2. The molecule has 0 saturated carbocycles. The molecule has 5 nitrogen and oxygen atoms in total. The molecule has 3 rings (SSSR count). The first-order chi connectivity index (χ1) is 14.4. The number of alkyl halides is 3. The number of nitrogens with zero attached hydrogens (tertiary/aromatic N) is 3. The van der Waals surface area contributed by atoms with Crippen LogP contribution in [0.15, 0.2) is 41.5 Å². The lowest BCUT2D eigenvalue weighted by molar-refractivity contribution is -0.138. The molecule has 0 radical (unpaired) electrons. The summed E-state index contributed by atoms with van der Waals surface area (Å²) in [7, 11) is 0. The molecule has 0 atom stereocenters. The molecule has 2 N–H and O–H groups in total. The predicted octanol–water partition coefficient (Wildman–Crippen LogP) is 4.10. The minimum Gasteiger partial charge on any atom is -0.357 e. The van der Waals surface area contributed by atoms with E-state index in [9.17, 15) is 17.6 Å². The van der Waals surface area contributed by atoms with Crippen LogP contribution in [0.3, 0.4) is 0 Å². The largest absolute Gasteiger partial charge is 0.416 e. The van der Waals surface area contributed by atoms with Crippen molar-refractivity contribution < 1.29 is 17.6 Å². The SMILES string of the molecule is CCNC(=NCc1ccnc(N2CCCC2)c1)NCc1ccc(F)cc1C(F)(F)F. The predicted molar refractivity (Wildman–Crippen MR) is 109 cm³/mol. The Morgan fingerprint density at radius 3 is 2.60 bits per heavy atom. The van der Waals surface area contributed by atoms with E-state index in [1.54, 1.807) is 6.20 Å². The topological polar surface area (TPSA) is 52.6 Å². The molecular formula is C21H25F4N5. The van der Waals surface area contributed by atoms with Crippen LogP contribution in [-0.2, 0) is 19.3 Å². The first-order valence-corrected chi connectivity index (χ1v) is 9.94. The number of aliphatic imine (C=N–C) groups is 1. The van der Waals surface area contributed by atoms with E-state index in [0.717, 1.165) is 49.4 Å². The summed E-state index contributed by atoms with van der Waals surface area (Å²) in [5.74, 6) is 0.381. The molecule has 1 fully saturated rings. The van der Waals surface area contributed by atoms with E-state index in [1.807, 2.05) is 19.1 Å². The van der Waals surface area contributed by atoms with Crippen molar-refractivity contribution in [3.8, 4) is 0 Å². The molecule has 0 unspecified atom stereocenters. The first kappa shape index (κ1) is 21.9. The number of guanidine groups is 1. The summed E-state index contributed by atoms with van der Waals surface area (Å²) in [6.45, 7) is 4.63. The molecule has 2 aromatic rings. The van der Waals surface area contributed by atoms with E-state index >= 15 is 0 Å². The smallest absolute Gasteiger partial charge is 0.357 e. The zero-order chi connectivity index (χ0) is 21.6. The average molecular weight is 423 g/mol. The van der Waals surface area contributed by atoms with Crippen molar-refractivity contribution in [1.29, 1.82) is 0 Å². The number of pyridine rings is 1. The number of hydrogen-bond acceptors (Lipinski definition) is 3. The van der Waals surface area contributed by atoms with Crippen molar-refractivity contribution in [2.75, 3.05) is 24.5 Å². The number of anilines is 1. The van der Waals surface area contributed by atoms with Crippen LogP contribution in [0.25, 0.3) is 0 Å². The van der Waals surface area contributed by atoms with Gasteiger partial charge in [-0.25, -0.2) is 14.4 Å². The molecule has 1 aliphatic heterocycles. The zero-order valence-corrected chi connectivity index (χ0v) is 16.8. The quantitative estimate of drug-likeness (QED) is 0.417. The average Bonchev–Trinajstić information content (AvgIpc) is 3.25. The maximum Gasteiger partial charge on any atom is 0.416 e. The van der Waals surface area contributed by atoms with E-state index in [4.69, 9.17) is 0 Å². The molecule has 1 aliphatic rings. The van der Waals surface area contributed by atoms with Crippen LogP contribution in [0.4, 0.5) is 23.4 Å². The Bertz CT molecular complexity index is 876. The lowest BCUT2D eigenvalue weighted by Crippen LogP contribution is -2.37. The van der Waals surface area contributed by atoms with Gasteiger partial charge in [0.2, 0.25) is 0 Å². The van der Waals surface area contributed by atoms with Crippen LogP contribution in [0.2, 0.25) is 0 Å². The highest BCUT2D eigenvalue weighted by molar-refractivity contribution is 5.79. The van der Waals surface area contributed by atoms with E-state index in [2.05, 4.69) is 25.5 Å². The molecule has 0 amide bonds. The molecular weight excluding hydrogens is 398 g/mol. The normalized spacial score (nSPS) is 14.8. The van der Waals surface area contributed by atoms with E-state index in [1.165, 1.54) is 0 Å². The van der Waals surface area contributed by atoms with Gasteiger partial charge in [-0.1, -0.05) is 6.07 Å². The van der Waals surface area contributed by atoms with Crippen LogP contribution < -0.4 is 15.5 Å². The molecule has 1 aromatic carbocycles. The number of rotatable bonds is 6. The van der Waals surface area contributed by atoms with Crippen molar-refractivity contribution in [1.82, 2.24) is 15.6 Å². The molecule has 30 heavy (non-hydrogen) atoms. The summed E-state index contributed by atoms with van der Waals surface area (Å²) in [5, 5.41) is 5.92. The summed E-state index contributed by atoms with van der Waals surface area (Å²) < 4.78 is 52.8. The van der Waals surface area contributed by atoms with Crippen LogP contribution >= 0.6 is 0 Å². The van der Waals surface area contributed by atoms with Crippen LogP contribution in [-0.4, -0.2) is 30.6 Å². The fourth-order valence-electron chi connectivity index (χ4n) is 3.34. The molecule has 1 saturated heterocycles. The maximum absolute atomic E-state index is 13.3. The van der Waals surface area contributed by atoms with E-state index in [-0.39, 0.29) is 12.1 Å². The summed E-state index contributed by atoms with van der Waals surface area (Å²) in [5.41, 5.74) is -0.0770. The van der Waals surface area contributed by atoms with E-state index < -0.39 is 17.6 Å². The van der Waals surface area contributed by atoms with Gasteiger partial charge in [-0.15, -0.1) is 0 Å². The van der Waals surface area contributed by atoms with Gasteiger partial charge in [0.25, 0.3) is 0 Å². The minimum absolute atomic E-state index is 0.0465. The molecule has 0 bridgehead atoms. The van der Waals surface area contributed by atoms with Gasteiger partial charge < -0.3 is 15.5 Å². The lowest BCUT2D eigenvalue weighted by atomic mass is 10.1. The van der Waals surface area contributed by atoms with Crippen LogP contribution in [0.1, 0.15) is 36.5 Å². The summed E-state index contributed by atoms with van der Waals surface area (Å²) in [4.78, 5) is 11.1. The van der Waals surface area contributed by atoms with Gasteiger partial charge in [0.1, 0.15) is 11.6 Å². The first-order valence-electron chi connectivity index (χ1n) is 9.94. The van der Waals surface area contributed by atoms with Crippen molar-refractivity contribution in [3.05, 3.63) is 59.0 Å². The monoisotopic (exact) mass is 423 g/mol. The fourth-order valence-corrected chi connectivity index (χ4v) is 3.34. The summed E-state index contributed by atoms with van der Waals surface area (Å²) in [6.07, 6.45) is -0.575. The van der Waals surface area contributed by atoms with Crippen molar-refractivity contribution in [2.24, 2.45) is 4.99 Å². The van der Waals surface area contributed by atoms with Gasteiger partial charge in [-0.3, -0.25) is 0 Å². The van der Waals surface area contributed by atoms with Crippen LogP contribution in [0.5, 0.6) is 0 Å². The minimum atomic E-state index is -4.63. The molecule has 0 aliphatic carbocycles. The zero-order valence-electron chi connectivity index (χ0n) is 16.8. The molecule has 1 aromatic heterocycles. The van der Waals surface area contributed by atoms with E-state index in [0.29, 0.717) is 25.1 Å². The molecule has 162 valence electrons. The van der Waals surface area contributed by atoms with Gasteiger partial charge in [-0.05, 0) is 55.2 Å². The number of hydrogen-bond donors (Lipinski definition) is 2. The number of aromatic nitrogens is 1. The van der Waals surface area contributed by atoms with Gasteiger partial charge in [0.05, 0.1) is 12.1 Å². The highest BCUT2D eigenvalue weighted by Crippen LogP contribution is 2.32. The Balaban J connectivity index is 1.69. The lowest BCUT2D eigenvalue weighted by Gasteiger charge is -2.17. The van der Waals surface area contributed by atoms with Crippen molar-refractivity contribution in [3.63, 3.8) is 0 Å². The highest BCUT2D eigenvalue weighted by Gasteiger charge is 2.33. The summed E-state index contributed by atoms with van der Waals surface area (Å²) in [6, 6.07) is 6.53. The number of halogens is 4. The van der Waals surface area contributed by atoms with Gasteiger partial charge >= 0.3 is 6.18 Å². The Kier molecular flexibility index (Phi) is 7.12. The number of benzene rings is 1. The Morgan fingerprint density at radius 1 is 1.13 bits per heavy atom. The molecule has 2 heterocycles. The summed E-state index contributed by atoms with van der Waals surface area (Å²) >= 11 is 0. The third kappa shape index (κ3) is 5.84. The second kappa shape index (κ2) is 9.77. The van der Waals surface area contributed by atoms with Crippen LogP contribution in [0, 0.1) is 5.82 Å². The Morgan fingerprint density at radius 2 is 1.90 bits per heavy atom. The van der Waals surface area contributed by atoms with Crippen molar-refractivity contribution in [2.45, 2.75) is 39.0 Å². The van der Waals surface area contributed by atoms with Crippen molar-refractivity contribution >= 4 is 11.8 Å². The molecule has 0 spiro atoms.